The van der Waals surface area contributed by atoms with Gasteiger partial charge in [0.05, 0.1) is 11.6 Å². The molecule has 0 aliphatic heterocycles. The van der Waals surface area contributed by atoms with Crippen LogP contribution in [0.3, 0.4) is 0 Å². The van der Waals surface area contributed by atoms with Crippen LogP contribution in [-0.2, 0) is 6.42 Å². The lowest BCUT2D eigenvalue weighted by Gasteiger charge is -2.15. The Morgan fingerprint density at radius 2 is 2.19 bits per heavy atom. The molecule has 1 aromatic heterocycles. The molecule has 0 spiro atoms. The fraction of sp³-hybridized carbons (Fsp3) is 0.412. The summed E-state index contributed by atoms with van der Waals surface area (Å²) in [6, 6.07) is 8.48. The molecular weight excluding hydrogens is 302 g/mol. The fourth-order valence-electron chi connectivity index (χ4n) is 2.10. The smallest absolute Gasteiger partial charge is 0.137 e. The van der Waals surface area contributed by atoms with E-state index in [9.17, 15) is 0 Å². The molecule has 0 aliphatic rings. The summed E-state index contributed by atoms with van der Waals surface area (Å²) in [7, 11) is 0. The third kappa shape index (κ3) is 5.03. The first-order valence-electron chi connectivity index (χ1n) is 7.37. The zero-order chi connectivity index (χ0) is 15.1. The molecule has 1 unspecified atom stereocenters. The van der Waals surface area contributed by atoms with Gasteiger partial charge in [-0.15, -0.1) is 0 Å². The van der Waals surface area contributed by atoms with Crippen LogP contribution in [-0.4, -0.2) is 13.2 Å². The summed E-state index contributed by atoms with van der Waals surface area (Å²) in [5.41, 5.74) is 2.50. The molecule has 1 N–H and O–H groups in total. The average Bonchev–Trinajstić information content (AvgIpc) is 2.99. The number of ether oxygens (including phenoxy) is 1. The maximum absolute atomic E-state index is 6.32. The second-order valence-electron chi connectivity index (χ2n) is 5.10. The lowest BCUT2D eigenvalue weighted by Crippen LogP contribution is -2.19. The van der Waals surface area contributed by atoms with Gasteiger partial charge in [0.2, 0.25) is 0 Å². The van der Waals surface area contributed by atoms with Gasteiger partial charge in [-0.05, 0) is 60.0 Å². The Labute approximate surface area is 136 Å². The van der Waals surface area contributed by atoms with Crippen molar-refractivity contribution < 1.29 is 4.74 Å². The van der Waals surface area contributed by atoms with Crippen molar-refractivity contribution in [1.29, 1.82) is 0 Å². The molecule has 0 saturated heterocycles. The molecule has 114 valence electrons. The molecule has 0 saturated carbocycles. The SMILES string of the molecule is CCCNC(C)c1ccc(OCCc2ccsc2)c(Cl)c1. The van der Waals surface area contributed by atoms with Crippen LogP contribution in [0, 0.1) is 0 Å². The minimum Gasteiger partial charge on any atom is -0.492 e. The molecule has 0 bridgehead atoms. The fourth-order valence-corrected chi connectivity index (χ4v) is 3.04. The van der Waals surface area contributed by atoms with E-state index in [1.165, 1.54) is 11.1 Å². The van der Waals surface area contributed by atoms with Crippen LogP contribution in [0.5, 0.6) is 5.75 Å². The van der Waals surface area contributed by atoms with E-state index in [-0.39, 0.29) is 0 Å². The van der Waals surface area contributed by atoms with Gasteiger partial charge in [0.15, 0.2) is 0 Å². The highest BCUT2D eigenvalue weighted by atomic mass is 35.5. The summed E-state index contributed by atoms with van der Waals surface area (Å²) in [5, 5.41) is 8.38. The van der Waals surface area contributed by atoms with Gasteiger partial charge < -0.3 is 10.1 Å². The zero-order valence-electron chi connectivity index (χ0n) is 12.6. The Balaban J connectivity index is 1.89. The Bertz CT molecular complexity index is 542. The van der Waals surface area contributed by atoms with Crippen molar-refractivity contribution in [3.8, 4) is 5.75 Å². The van der Waals surface area contributed by atoms with E-state index in [1.54, 1.807) is 11.3 Å². The van der Waals surface area contributed by atoms with Crippen molar-refractivity contribution in [3.63, 3.8) is 0 Å². The minimum atomic E-state index is 0.308. The maximum Gasteiger partial charge on any atom is 0.137 e. The molecule has 4 heteroatoms. The van der Waals surface area contributed by atoms with Crippen molar-refractivity contribution in [3.05, 3.63) is 51.2 Å². The van der Waals surface area contributed by atoms with Crippen molar-refractivity contribution in [2.75, 3.05) is 13.2 Å². The molecule has 0 amide bonds. The van der Waals surface area contributed by atoms with Gasteiger partial charge in [0.1, 0.15) is 5.75 Å². The highest BCUT2D eigenvalue weighted by Crippen LogP contribution is 2.28. The van der Waals surface area contributed by atoms with Crippen molar-refractivity contribution in [2.24, 2.45) is 0 Å². The minimum absolute atomic E-state index is 0.308. The van der Waals surface area contributed by atoms with Crippen molar-refractivity contribution >= 4 is 22.9 Å². The van der Waals surface area contributed by atoms with Crippen LogP contribution < -0.4 is 10.1 Å². The van der Waals surface area contributed by atoms with E-state index in [4.69, 9.17) is 16.3 Å². The van der Waals surface area contributed by atoms with Crippen LogP contribution in [0.15, 0.2) is 35.0 Å². The van der Waals surface area contributed by atoms with E-state index in [1.807, 2.05) is 12.1 Å². The average molecular weight is 324 g/mol. The Hall–Kier alpha value is -1.03. The highest BCUT2D eigenvalue weighted by Gasteiger charge is 2.08. The monoisotopic (exact) mass is 323 g/mol. The zero-order valence-corrected chi connectivity index (χ0v) is 14.1. The Morgan fingerprint density at radius 1 is 1.33 bits per heavy atom. The van der Waals surface area contributed by atoms with E-state index in [0.717, 1.165) is 25.1 Å². The number of hydrogen-bond acceptors (Lipinski definition) is 3. The van der Waals surface area contributed by atoms with Crippen LogP contribution >= 0.6 is 22.9 Å². The number of thiophene rings is 1. The first-order chi connectivity index (χ1) is 10.2. The van der Waals surface area contributed by atoms with Crippen LogP contribution in [0.4, 0.5) is 0 Å². The first kappa shape index (κ1) is 16.3. The van der Waals surface area contributed by atoms with Gasteiger partial charge in [-0.2, -0.15) is 11.3 Å². The predicted molar refractivity (Wildman–Crippen MR) is 91.7 cm³/mol. The number of halogens is 1. The molecule has 1 atom stereocenters. The topological polar surface area (TPSA) is 21.3 Å². The van der Waals surface area contributed by atoms with E-state index >= 15 is 0 Å². The largest absolute Gasteiger partial charge is 0.492 e. The molecule has 1 heterocycles. The van der Waals surface area contributed by atoms with Gasteiger partial charge in [0, 0.05) is 12.5 Å². The summed E-state index contributed by atoms with van der Waals surface area (Å²) in [5.74, 6) is 0.762. The second kappa shape index (κ2) is 8.42. The van der Waals surface area contributed by atoms with Crippen molar-refractivity contribution in [2.45, 2.75) is 32.7 Å². The Kier molecular flexibility index (Phi) is 6.55. The second-order valence-corrected chi connectivity index (χ2v) is 6.28. The molecule has 21 heavy (non-hydrogen) atoms. The molecule has 0 radical (unpaired) electrons. The summed E-state index contributed by atoms with van der Waals surface area (Å²) >= 11 is 8.03. The Morgan fingerprint density at radius 3 is 2.86 bits per heavy atom. The van der Waals surface area contributed by atoms with Gasteiger partial charge in [-0.3, -0.25) is 0 Å². The third-order valence-electron chi connectivity index (χ3n) is 3.38. The summed E-state index contributed by atoms with van der Waals surface area (Å²) < 4.78 is 5.78. The quantitative estimate of drug-likeness (QED) is 0.731. The molecule has 2 rings (SSSR count). The van der Waals surface area contributed by atoms with Crippen LogP contribution in [0.2, 0.25) is 5.02 Å². The number of benzene rings is 1. The van der Waals surface area contributed by atoms with Crippen LogP contribution in [0.1, 0.15) is 37.4 Å². The lowest BCUT2D eigenvalue weighted by atomic mass is 10.1. The molecule has 0 fully saturated rings. The van der Waals surface area contributed by atoms with Gasteiger partial charge in [0.25, 0.3) is 0 Å². The molecule has 2 nitrogen and oxygen atoms in total. The van der Waals surface area contributed by atoms with Gasteiger partial charge in [-0.25, -0.2) is 0 Å². The van der Waals surface area contributed by atoms with E-state index < -0.39 is 0 Å². The molecule has 2 aromatic rings. The van der Waals surface area contributed by atoms with E-state index in [2.05, 4.69) is 42.1 Å². The third-order valence-corrected chi connectivity index (χ3v) is 4.41. The predicted octanol–water partition coefficient (Wildman–Crippen LogP) is 5.08. The standard InChI is InChI=1S/C17H22ClNOS/c1-3-8-19-13(2)15-4-5-17(16(18)11-15)20-9-6-14-7-10-21-12-14/h4-5,7,10-13,19H,3,6,8-9H2,1-2H3. The first-order valence-corrected chi connectivity index (χ1v) is 8.69. The summed E-state index contributed by atoms with van der Waals surface area (Å²) in [6.45, 7) is 5.98. The number of rotatable bonds is 8. The molecular formula is C17H22ClNOS. The maximum atomic E-state index is 6.32. The van der Waals surface area contributed by atoms with Crippen molar-refractivity contribution in [1.82, 2.24) is 5.32 Å². The highest BCUT2D eigenvalue weighted by molar-refractivity contribution is 7.07. The number of hydrogen-bond donors (Lipinski definition) is 1. The van der Waals surface area contributed by atoms with E-state index in [0.29, 0.717) is 17.7 Å². The van der Waals surface area contributed by atoms with Crippen LogP contribution in [0.25, 0.3) is 0 Å². The summed E-state index contributed by atoms with van der Waals surface area (Å²) in [4.78, 5) is 0. The normalized spacial score (nSPS) is 12.3. The molecule has 1 aromatic carbocycles. The summed E-state index contributed by atoms with van der Waals surface area (Å²) in [6.07, 6.45) is 2.04. The number of nitrogens with one attached hydrogen (secondary N) is 1. The lowest BCUT2D eigenvalue weighted by molar-refractivity contribution is 0.322. The van der Waals surface area contributed by atoms with Gasteiger partial charge >= 0.3 is 0 Å². The molecule has 0 aliphatic carbocycles. The van der Waals surface area contributed by atoms with Gasteiger partial charge in [-0.1, -0.05) is 24.6 Å².